The maximum atomic E-state index is 12.0. The van der Waals surface area contributed by atoms with Crippen LogP contribution < -0.4 is 4.74 Å². The zero-order valence-electron chi connectivity index (χ0n) is 14.8. The second-order valence-corrected chi connectivity index (χ2v) is 6.75. The number of likely N-dealkylation sites (tertiary alicyclic amines) is 1. The van der Waals surface area contributed by atoms with E-state index in [1.165, 1.54) is 0 Å². The maximum absolute atomic E-state index is 12.0. The number of benzene rings is 1. The minimum Gasteiger partial charge on any atom is -0.493 e. The Bertz CT molecular complexity index is 583. The van der Waals surface area contributed by atoms with Crippen LogP contribution in [0.4, 0.5) is 0 Å². The average Bonchev–Trinajstić information content (AvgIpc) is 2.87. The van der Waals surface area contributed by atoms with E-state index in [0.29, 0.717) is 18.1 Å². The molecule has 138 valence electrons. The van der Waals surface area contributed by atoms with Crippen LogP contribution in [0.3, 0.4) is 0 Å². The van der Waals surface area contributed by atoms with Gasteiger partial charge in [-0.2, -0.15) is 0 Å². The molecule has 1 fully saturated rings. The highest BCUT2D eigenvalue weighted by atomic mass is 35.5. The molecule has 0 radical (unpaired) electrons. The van der Waals surface area contributed by atoms with E-state index >= 15 is 0 Å². The summed E-state index contributed by atoms with van der Waals surface area (Å²) >= 11 is 5.90. The molecule has 1 amide bonds. The summed E-state index contributed by atoms with van der Waals surface area (Å²) < 4.78 is 10.7. The molecule has 0 bridgehead atoms. The second-order valence-electron chi connectivity index (χ2n) is 6.32. The third-order valence-electron chi connectivity index (χ3n) is 4.24. The molecule has 5 nitrogen and oxygen atoms in total. The minimum absolute atomic E-state index is 0.0942. The third kappa shape index (κ3) is 6.94. The summed E-state index contributed by atoms with van der Waals surface area (Å²) in [4.78, 5) is 25.6. The van der Waals surface area contributed by atoms with E-state index in [4.69, 9.17) is 21.1 Å². The molecule has 25 heavy (non-hydrogen) atoms. The molecule has 2 rings (SSSR count). The van der Waals surface area contributed by atoms with Gasteiger partial charge < -0.3 is 14.4 Å². The Labute approximate surface area is 154 Å². The molecule has 0 aliphatic carbocycles. The SMILES string of the molecule is Cc1cc(Cl)ccc1OCCCC(=O)OCC(=O)N1CCCCCC1. The van der Waals surface area contributed by atoms with Crippen LogP contribution in [0, 0.1) is 6.92 Å². The summed E-state index contributed by atoms with van der Waals surface area (Å²) in [6, 6.07) is 5.42. The quantitative estimate of drug-likeness (QED) is 0.544. The Morgan fingerprint density at radius 1 is 1.16 bits per heavy atom. The van der Waals surface area contributed by atoms with Crippen molar-refractivity contribution in [1.82, 2.24) is 4.90 Å². The van der Waals surface area contributed by atoms with Crippen LogP contribution in [0.5, 0.6) is 5.75 Å². The molecule has 0 saturated carbocycles. The third-order valence-corrected chi connectivity index (χ3v) is 4.47. The van der Waals surface area contributed by atoms with Gasteiger partial charge in [0.1, 0.15) is 5.75 Å². The number of halogens is 1. The van der Waals surface area contributed by atoms with E-state index in [2.05, 4.69) is 0 Å². The van der Waals surface area contributed by atoms with Gasteiger partial charge in [-0.1, -0.05) is 24.4 Å². The van der Waals surface area contributed by atoms with Gasteiger partial charge in [0.15, 0.2) is 6.61 Å². The summed E-state index contributed by atoms with van der Waals surface area (Å²) in [5.74, 6) is 0.303. The molecule has 0 aromatic heterocycles. The van der Waals surface area contributed by atoms with Crippen LogP contribution in [-0.2, 0) is 14.3 Å². The molecule has 1 aliphatic rings. The lowest BCUT2D eigenvalue weighted by Gasteiger charge is -2.19. The van der Waals surface area contributed by atoms with Crippen molar-refractivity contribution >= 4 is 23.5 Å². The monoisotopic (exact) mass is 367 g/mol. The fourth-order valence-corrected chi connectivity index (χ4v) is 3.03. The standard InChI is InChI=1S/C19H26ClNO4/c1-15-13-16(20)8-9-17(15)24-12-6-7-19(23)25-14-18(22)21-10-4-2-3-5-11-21/h8-9,13H,2-7,10-12,14H2,1H3. The Morgan fingerprint density at radius 2 is 1.88 bits per heavy atom. The number of ether oxygens (including phenoxy) is 2. The van der Waals surface area contributed by atoms with E-state index in [1.54, 1.807) is 11.0 Å². The molecule has 0 atom stereocenters. The summed E-state index contributed by atoms with van der Waals surface area (Å²) in [6.45, 7) is 3.72. The maximum Gasteiger partial charge on any atom is 0.306 e. The minimum atomic E-state index is -0.361. The predicted molar refractivity (Wildman–Crippen MR) is 96.9 cm³/mol. The molecule has 1 aliphatic heterocycles. The molecule has 1 saturated heterocycles. The molecule has 1 heterocycles. The Hall–Kier alpha value is -1.75. The number of hydrogen-bond acceptors (Lipinski definition) is 4. The van der Waals surface area contributed by atoms with Gasteiger partial charge in [0.2, 0.25) is 0 Å². The molecule has 0 unspecified atom stereocenters. The van der Waals surface area contributed by atoms with Gasteiger partial charge in [0, 0.05) is 24.5 Å². The first-order valence-corrected chi connectivity index (χ1v) is 9.26. The largest absolute Gasteiger partial charge is 0.493 e. The summed E-state index contributed by atoms with van der Waals surface area (Å²) in [5.41, 5.74) is 0.957. The summed E-state index contributed by atoms with van der Waals surface area (Å²) in [7, 11) is 0. The van der Waals surface area contributed by atoms with Gasteiger partial charge >= 0.3 is 5.97 Å². The predicted octanol–water partition coefficient (Wildman–Crippen LogP) is 3.75. The second kappa shape index (κ2) is 10.3. The van der Waals surface area contributed by atoms with E-state index in [1.807, 2.05) is 19.1 Å². The zero-order chi connectivity index (χ0) is 18.1. The van der Waals surface area contributed by atoms with Crippen molar-refractivity contribution in [3.63, 3.8) is 0 Å². The van der Waals surface area contributed by atoms with Crippen LogP contribution in [-0.4, -0.2) is 43.1 Å². The molecule has 0 spiro atoms. The number of esters is 1. The smallest absolute Gasteiger partial charge is 0.306 e. The van der Waals surface area contributed by atoms with Crippen molar-refractivity contribution < 1.29 is 19.1 Å². The first-order chi connectivity index (χ1) is 12.1. The lowest BCUT2D eigenvalue weighted by molar-refractivity contribution is -0.152. The number of carbonyl (C=O) groups excluding carboxylic acids is 2. The molecular formula is C19H26ClNO4. The Kier molecular flexibility index (Phi) is 8.06. The lowest BCUT2D eigenvalue weighted by Crippen LogP contribution is -2.35. The van der Waals surface area contributed by atoms with Gasteiger partial charge in [-0.25, -0.2) is 0 Å². The van der Waals surface area contributed by atoms with Gasteiger partial charge in [-0.3, -0.25) is 9.59 Å². The molecular weight excluding hydrogens is 342 g/mol. The van der Waals surface area contributed by atoms with Crippen molar-refractivity contribution in [1.29, 1.82) is 0 Å². The van der Waals surface area contributed by atoms with Crippen molar-refractivity contribution in [2.24, 2.45) is 0 Å². The van der Waals surface area contributed by atoms with Crippen LogP contribution in [0.15, 0.2) is 18.2 Å². The number of rotatable bonds is 7. The van der Waals surface area contributed by atoms with E-state index < -0.39 is 0 Å². The number of nitrogens with zero attached hydrogens (tertiary/aromatic N) is 1. The van der Waals surface area contributed by atoms with E-state index in [-0.39, 0.29) is 24.9 Å². The van der Waals surface area contributed by atoms with Crippen LogP contribution in [0.1, 0.15) is 44.1 Å². The Balaban J connectivity index is 1.61. The van der Waals surface area contributed by atoms with Crippen molar-refractivity contribution in [2.45, 2.75) is 45.4 Å². The van der Waals surface area contributed by atoms with Crippen LogP contribution in [0.25, 0.3) is 0 Å². The molecule has 1 aromatic carbocycles. The topological polar surface area (TPSA) is 55.8 Å². The fraction of sp³-hybridized carbons (Fsp3) is 0.579. The highest BCUT2D eigenvalue weighted by molar-refractivity contribution is 6.30. The molecule has 0 N–H and O–H groups in total. The van der Waals surface area contributed by atoms with Crippen molar-refractivity contribution in [3.8, 4) is 5.75 Å². The Morgan fingerprint density at radius 3 is 2.56 bits per heavy atom. The van der Waals surface area contributed by atoms with Crippen molar-refractivity contribution in [2.75, 3.05) is 26.3 Å². The van der Waals surface area contributed by atoms with Gasteiger partial charge in [-0.15, -0.1) is 0 Å². The average molecular weight is 368 g/mol. The first-order valence-electron chi connectivity index (χ1n) is 8.88. The van der Waals surface area contributed by atoms with Crippen molar-refractivity contribution in [3.05, 3.63) is 28.8 Å². The van der Waals surface area contributed by atoms with E-state index in [0.717, 1.165) is 50.1 Å². The van der Waals surface area contributed by atoms with E-state index in [9.17, 15) is 9.59 Å². The molecule has 6 heteroatoms. The number of hydrogen-bond donors (Lipinski definition) is 0. The summed E-state index contributed by atoms with van der Waals surface area (Å²) in [6.07, 6.45) is 5.16. The highest BCUT2D eigenvalue weighted by Gasteiger charge is 2.17. The van der Waals surface area contributed by atoms with Gasteiger partial charge in [0.05, 0.1) is 6.61 Å². The first kappa shape index (κ1) is 19.6. The number of amides is 1. The van der Waals surface area contributed by atoms with Gasteiger partial charge in [-0.05, 0) is 49.9 Å². The normalized spacial score (nSPS) is 14.7. The highest BCUT2D eigenvalue weighted by Crippen LogP contribution is 2.21. The molecule has 1 aromatic rings. The van der Waals surface area contributed by atoms with Gasteiger partial charge in [0.25, 0.3) is 5.91 Å². The zero-order valence-corrected chi connectivity index (χ0v) is 15.5. The van der Waals surface area contributed by atoms with Crippen LogP contribution in [0.2, 0.25) is 5.02 Å². The van der Waals surface area contributed by atoms with Crippen LogP contribution >= 0.6 is 11.6 Å². The fourth-order valence-electron chi connectivity index (χ4n) is 2.80. The lowest BCUT2D eigenvalue weighted by atomic mass is 10.2. The number of carbonyl (C=O) groups is 2. The summed E-state index contributed by atoms with van der Waals surface area (Å²) in [5, 5.41) is 0.669. The number of aryl methyl sites for hydroxylation is 1.